The summed E-state index contributed by atoms with van der Waals surface area (Å²) in [4.78, 5) is 4.51. The molecule has 20 heavy (non-hydrogen) atoms. The highest BCUT2D eigenvalue weighted by atomic mass is 79.9. The van der Waals surface area contributed by atoms with Crippen molar-refractivity contribution in [1.82, 2.24) is 4.98 Å². The molecular weight excluding hydrogens is 314 g/mol. The van der Waals surface area contributed by atoms with E-state index in [0.29, 0.717) is 6.54 Å². The van der Waals surface area contributed by atoms with Crippen LogP contribution in [0.2, 0.25) is 0 Å². The Hall–Kier alpha value is -1.13. The minimum absolute atomic E-state index is 0.248. The number of nitrogens with two attached hydrogens (primary N) is 1. The van der Waals surface area contributed by atoms with Crippen LogP contribution in [-0.4, -0.2) is 17.6 Å². The number of aromatic nitrogens is 1. The summed E-state index contributed by atoms with van der Waals surface area (Å²) >= 11 is 3.46. The Morgan fingerprint density at radius 2 is 2.10 bits per heavy atom. The standard InChI is InChI=1S/C16H22BrN3/c1-16(2,3)8-13(9-18)20-14-6-4-5-11-7-12(17)10-19-15(11)14/h4-7,10,13,20H,8-9,18H2,1-3H3. The van der Waals surface area contributed by atoms with Crippen molar-refractivity contribution in [2.45, 2.75) is 33.2 Å². The Bertz CT molecular complexity index is 590. The highest BCUT2D eigenvalue weighted by molar-refractivity contribution is 9.10. The predicted octanol–water partition coefficient (Wildman–Crippen LogP) is 4.17. The Morgan fingerprint density at radius 1 is 1.35 bits per heavy atom. The molecule has 3 N–H and O–H groups in total. The van der Waals surface area contributed by atoms with Gasteiger partial charge in [-0.2, -0.15) is 0 Å². The normalized spacial score (nSPS) is 13.4. The van der Waals surface area contributed by atoms with E-state index in [0.717, 1.165) is 27.5 Å². The lowest BCUT2D eigenvalue weighted by Crippen LogP contribution is -2.33. The quantitative estimate of drug-likeness (QED) is 0.881. The van der Waals surface area contributed by atoms with Crippen LogP contribution in [0.3, 0.4) is 0 Å². The van der Waals surface area contributed by atoms with E-state index in [1.165, 1.54) is 0 Å². The average molecular weight is 336 g/mol. The van der Waals surface area contributed by atoms with Crippen LogP contribution in [0.4, 0.5) is 5.69 Å². The highest BCUT2D eigenvalue weighted by Gasteiger charge is 2.18. The number of fused-ring (bicyclic) bond motifs is 1. The molecule has 108 valence electrons. The van der Waals surface area contributed by atoms with E-state index in [-0.39, 0.29) is 11.5 Å². The molecule has 0 radical (unpaired) electrons. The van der Waals surface area contributed by atoms with Gasteiger partial charge in [-0.15, -0.1) is 0 Å². The van der Waals surface area contributed by atoms with Crippen LogP contribution >= 0.6 is 15.9 Å². The summed E-state index contributed by atoms with van der Waals surface area (Å²) in [6.07, 6.45) is 2.85. The molecule has 1 aromatic carbocycles. The monoisotopic (exact) mass is 335 g/mol. The highest BCUT2D eigenvalue weighted by Crippen LogP contribution is 2.27. The second-order valence-electron chi connectivity index (χ2n) is 6.37. The number of hydrogen-bond donors (Lipinski definition) is 2. The summed E-state index contributed by atoms with van der Waals surface area (Å²) in [7, 11) is 0. The number of hydrogen-bond acceptors (Lipinski definition) is 3. The van der Waals surface area contributed by atoms with Gasteiger partial charge in [0.15, 0.2) is 0 Å². The molecule has 0 bridgehead atoms. The van der Waals surface area contributed by atoms with E-state index < -0.39 is 0 Å². The Kier molecular flexibility index (Phi) is 4.66. The minimum Gasteiger partial charge on any atom is -0.379 e. The summed E-state index contributed by atoms with van der Waals surface area (Å²) in [5.41, 5.74) is 8.19. The molecule has 1 heterocycles. The summed E-state index contributed by atoms with van der Waals surface area (Å²) < 4.78 is 0.993. The van der Waals surface area contributed by atoms with Crippen molar-refractivity contribution < 1.29 is 0 Å². The lowest BCUT2D eigenvalue weighted by molar-refractivity contribution is 0.351. The van der Waals surface area contributed by atoms with Gasteiger partial charge >= 0.3 is 0 Å². The van der Waals surface area contributed by atoms with E-state index in [1.807, 2.05) is 12.3 Å². The minimum atomic E-state index is 0.248. The second kappa shape index (κ2) is 6.10. The first-order valence-corrected chi connectivity index (χ1v) is 7.69. The molecule has 0 spiro atoms. The van der Waals surface area contributed by atoms with Gasteiger partial charge in [-0.1, -0.05) is 32.9 Å². The van der Waals surface area contributed by atoms with Gasteiger partial charge in [0.1, 0.15) is 0 Å². The molecule has 1 atom stereocenters. The Balaban J connectivity index is 2.28. The number of nitrogens with zero attached hydrogens (tertiary/aromatic N) is 1. The molecule has 2 aromatic rings. The molecule has 1 aromatic heterocycles. The van der Waals surface area contributed by atoms with Crippen molar-refractivity contribution in [3.05, 3.63) is 34.9 Å². The zero-order valence-electron chi connectivity index (χ0n) is 12.3. The first-order valence-electron chi connectivity index (χ1n) is 6.90. The Morgan fingerprint density at radius 3 is 2.75 bits per heavy atom. The Labute approximate surface area is 129 Å². The zero-order valence-corrected chi connectivity index (χ0v) is 13.9. The van der Waals surface area contributed by atoms with Crippen LogP contribution in [0.5, 0.6) is 0 Å². The van der Waals surface area contributed by atoms with E-state index >= 15 is 0 Å². The molecule has 1 unspecified atom stereocenters. The molecule has 2 rings (SSSR count). The topological polar surface area (TPSA) is 50.9 Å². The molecule has 0 amide bonds. The molecule has 0 saturated heterocycles. The van der Waals surface area contributed by atoms with Gasteiger partial charge in [0.25, 0.3) is 0 Å². The van der Waals surface area contributed by atoms with Gasteiger partial charge in [0.2, 0.25) is 0 Å². The lowest BCUT2D eigenvalue weighted by Gasteiger charge is -2.27. The average Bonchev–Trinajstić information content (AvgIpc) is 2.36. The van der Waals surface area contributed by atoms with Crippen molar-refractivity contribution in [3.63, 3.8) is 0 Å². The first-order chi connectivity index (χ1) is 9.39. The van der Waals surface area contributed by atoms with Crippen molar-refractivity contribution in [2.75, 3.05) is 11.9 Å². The van der Waals surface area contributed by atoms with Gasteiger partial charge < -0.3 is 11.1 Å². The largest absolute Gasteiger partial charge is 0.379 e. The molecular formula is C16H22BrN3. The van der Waals surface area contributed by atoms with Crippen molar-refractivity contribution in [2.24, 2.45) is 11.1 Å². The zero-order chi connectivity index (χ0) is 14.8. The van der Waals surface area contributed by atoms with Gasteiger partial charge in [-0.3, -0.25) is 4.98 Å². The fourth-order valence-corrected chi connectivity index (χ4v) is 2.75. The van der Waals surface area contributed by atoms with Gasteiger partial charge in [0, 0.05) is 28.6 Å². The summed E-state index contributed by atoms with van der Waals surface area (Å²) in [5.74, 6) is 0. The van der Waals surface area contributed by atoms with Crippen LogP contribution in [0.25, 0.3) is 10.9 Å². The third-order valence-corrected chi connectivity index (χ3v) is 3.61. The predicted molar refractivity (Wildman–Crippen MR) is 90.0 cm³/mol. The van der Waals surface area contributed by atoms with Crippen LogP contribution in [0, 0.1) is 5.41 Å². The number of pyridine rings is 1. The number of nitrogens with one attached hydrogen (secondary N) is 1. The number of halogens is 1. The smallest absolute Gasteiger partial charge is 0.0934 e. The van der Waals surface area contributed by atoms with Crippen LogP contribution in [0.1, 0.15) is 27.2 Å². The molecule has 0 fully saturated rings. The fourth-order valence-electron chi connectivity index (χ4n) is 2.40. The first kappa shape index (κ1) is 15.3. The number of rotatable bonds is 4. The SMILES string of the molecule is CC(C)(C)CC(CN)Nc1cccc2cc(Br)cnc12. The van der Waals surface area contributed by atoms with Gasteiger partial charge in [-0.05, 0) is 39.9 Å². The van der Waals surface area contributed by atoms with E-state index in [4.69, 9.17) is 5.73 Å². The van der Waals surface area contributed by atoms with Crippen molar-refractivity contribution >= 4 is 32.5 Å². The van der Waals surface area contributed by atoms with Crippen molar-refractivity contribution in [1.29, 1.82) is 0 Å². The van der Waals surface area contributed by atoms with Crippen LogP contribution < -0.4 is 11.1 Å². The molecule has 3 nitrogen and oxygen atoms in total. The number of para-hydroxylation sites is 1. The summed E-state index contributed by atoms with van der Waals surface area (Å²) in [6.45, 7) is 7.31. The van der Waals surface area contributed by atoms with Gasteiger partial charge in [-0.25, -0.2) is 0 Å². The third-order valence-electron chi connectivity index (χ3n) is 3.18. The molecule has 0 aliphatic carbocycles. The van der Waals surface area contributed by atoms with E-state index in [2.05, 4.69) is 65.2 Å². The maximum absolute atomic E-state index is 5.91. The molecule has 0 aliphatic heterocycles. The molecule has 0 aliphatic rings. The summed E-state index contributed by atoms with van der Waals surface area (Å²) in [6, 6.07) is 8.51. The number of anilines is 1. The number of benzene rings is 1. The lowest BCUT2D eigenvalue weighted by atomic mass is 9.88. The van der Waals surface area contributed by atoms with Gasteiger partial charge in [0.05, 0.1) is 11.2 Å². The second-order valence-corrected chi connectivity index (χ2v) is 7.29. The summed E-state index contributed by atoms with van der Waals surface area (Å²) in [5, 5.41) is 4.67. The van der Waals surface area contributed by atoms with Crippen molar-refractivity contribution in [3.8, 4) is 0 Å². The van der Waals surface area contributed by atoms with E-state index in [1.54, 1.807) is 0 Å². The third kappa shape index (κ3) is 3.93. The maximum Gasteiger partial charge on any atom is 0.0934 e. The molecule has 4 heteroatoms. The molecule has 0 saturated carbocycles. The van der Waals surface area contributed by atoms with Crippen LogP contribution in [0.15, 0.2) is 34.9 Å². The van der Waals surface area contributed by atoms with Crippen LogP contribution in [-0.2, 0) is 0 Å². The maximum atomic E-state index is 5.91. The fraction of sp³-hybridized carbons (Fsp3) is 0.438. The van der Waals surface area contributed by atoms with E-state index in [9.17, 15) is 0 Å².